The molecule has 0 bridgehead atoms. The Morgan fingerprint density at radius 3 is 2.37 bits per heavy atom. The first-order valence-corrected chi connectivity index (χ1v) is 7.69. The van der Waals surface area contributed by atoms with Crippen LogP contribution in [0, 0.1) is 3.57 Å². The van der Waals surface area contributed by atoms with E-state index in [2.05, 4.69) is 38.5 Å². The Labute approximate surface area is 135 Å². The number of hydrogen-bond donors (Lipinski definition) is 0. The summed E-state index contributed by atoms with van der Waals surface area (Å²) in [5.74, 6) is -0.0144. The van der Waals surface area contributed by atoms with Crippen LogP contribution in [0.25, 0.3) is 0 Å². The fraction of sp³-hybridized carbons (Fsp3) is 0.462. The molecule has 0 heterocycles. The van der Waals surface area contributed by atoms with Gasteiger partial charge in [0.1, 0.15) is 0 Å². The summed E-state index contributed by atoms with van der Waals surface area (Å²) >= 11 is 5.62. The summed E-state index contributed by atoms with van der Waals surface area (Å²) in [6.07, 6.45) is 0. The van der Waals surface area contributed by atoms with Crippen molar-refractivity contribution in [2.75, 3.05) is 40.5 Å². The molecule has 0 unspecified atom stereocenters. The topological polar surface area (TPSA) is 38.8 Å². The standard InChI is InChI=1S/C13H17BrINO3/c1-18-7-5-16(6-8-19-2)13(17)11-9-10(15)3-4-12(11)14/h3-4,9H,5-8H2,1-2H3. The van der Waals surface area contributed by atoms with Gasteiger partial charge in [-0.05, 0) is 56.7 Å². The summed E-state index contributed by atoms with van der Waals surface area (Å²) in [7, 11) is 3.25. The lowest BCUT2D eigenvalue weighted by molar-refractivity contribution is 0.0626. The van der Waals surface area contributed by atoms with E-state index < -0.39 is 0 Å². The number of halogens is 2. The molecule has 0 aliphatic carbocycles. The zero-order valence-corrected chi connectivity index (χ0v) is 14.7. The number of methoxy groups -OCH3 is 2. The molecule has 106 valence electrons. The number of amides is 1. The average Bonchev–Trinajstić information content (AvgIpc) is 2.41. The summed E-state index contributed by atoms with van der Waals surface area (Å²) in [5.41, 5.74) is 0.666. The van der Waals surface area contributed by atoms with Crippen molar-refractivity contribution in [1.29, 1.82) is 0 Å². The van der Waals surface area contributed by atoms with E-state index in [9.17, 15) is 4.79 Å². The second-order valence-corrected chi connectivity index (χ2v) is 6.00. The zero-order chi connectivity index (χ0) is 14.3. The van der Waals surface area contributed by atoms with Crippen LogP contribution in [0.15, 0.2) is 22.7 Å². The van der Waals surface area contributed by atoms with Gasteiger partial charge in [-0.15, -0.1) is 0 Å². The van der Waals surface area contributed by atoms with Gasteiger partial charge in [-0.2, -0.15) is 0 Å². The van der Waals surface area contributed by atoms with E-state index in [0.29, 0.717) is 31.9 Å². The second-order valence-electron chi connectivity index (χ2n) is 3.90. The van der Waals surface area contributed by atoms with E-state index in [-0.39, 0.29) is 5.91 Å². The van der Waals surface area contributed by atoms with Crippen LogP contribution in [0.2, 0.25) is 0 Å². The number of carbonyl (C=O) groups excluding carboxylic acids is 1. The van der Waals surface area contributed by atoms with Crippen molar-refractivity contribution in [1.82, 2.24) is 4.90 Å². The Kier molecular flexibility index (Phi) is 7.89. The van der Waals surface area contributed by atoms with Gasteiger partial charge < -0.3 is 14.4 Å². The van der Waals surface area contributed by atoms with Crippen molar-refractivity contribution in [3.05, 3.63) is 31.8 Å². The maximum Gasteiger partial charge on any atom is 0.255 e. The molecule has 0 saturated heterocycles. The summed E-state index contributed by atoms with van der Waals surface area (Å²) in [6, 6.07) is 5.72. The molecular formula is C13H17BrINO3. The maximum absolute atomic E-state index is 12.5. The van der Waals surface area contributed by atoms with Gasteiger partial charge in [-0.1, -0.05) is 0 Å². The van der Waals surface area contributed by atoms with Crippen molar-refractivity contribution in [2.24, 2.45) is 0 Å². The highest BCUT2D eigenvalue weighted by Crippen LogP contribution is 2.21. The van der Waals surface area contributed by atoms with E-state index in [1.807, 2.05) is 18.2 Å². The molecule has 0 atom stereocenters. The molecule has 1 aromatic rings. The molecule has 4 nitrogen and oxygen atoms in total. The number of benzene rings is 1. The predicted octanol–water partition coefficient (Wildman–Crippen LogP) is 2.79. The Hall–Kier alpha value is -0.180. The number of ether oxygens (including phenoxy) is 2. The van der Waals surface area contributed by atoms with Gasteiger partial charge in [0.2, 0.25) is 0 Å². The smallest absolute Gasteiger partial charge is 0.255 e. The first-order chi connectivity index (χ1) is 9.10. The minimum Gasteiger partial charge on any atom is -0.383 e. The minimum absolute atomic E-state index is 0.0144. The van der Waals surface area contributed by atoms with Gasteiger partial charge in [-0.25, -0.2) is 0 Å². The highest BCUT2D eigenvalue weighted by Gasteiger charge is 2.18. The monoisotopic (exact) mass is 441 g/mol. The first-order valence-electron chi connectivity index (χ1n) is 5.82. The number of carbonyl (C=O) groups is 1. The van der Waals surface area contributed by atoms with Crippen molar-refractivity contribution >= 4 is 44.4 Å². The average molecular weight is 442 g/mol. The lowest BCUT2D eigenvalue weighted by Gasteiger charge is -2.22. The third-order valence-electron chi connectivity index (χ3n) is 2.58. The molecule has 6 heteroatoms. The Morgan fingerprint density at radius 1 is 1.26 bits per heavy atom. The van der Waals surface area contributed by atoms with Crippen LogP contribution in [0.1, 0.15) is 10.4 Å². The van der Waals surface area contributed by atoms with E-state index in [0.717, 1.165) is 8.04 Å². The van der Waals surface area contributed by atoms with Crippen LogP contribution in [0.3, 0.4) is 0 Å². The van der Waals surface area contributed by atoms with E-state index in [1.165, 1.54) is 0 Å². The van der Waals surface area contributed by atoms with Gasteiger partial charge >= 0.3 is 0 Å². The highest BCUT2D eigenvalue weighted by atomic mass is 127. The molecule has 19 heavy (non-hydrogen) atoms. The molecule has 1 rings (SSSR count). The molecule has 0 aliphatic rings. The molecule has 0 radical (unpaired) electrons. The van der Waals surface area contributed by atoms with Crippen LogP contribution in [0.5, 0.6) is 0 Å². The molecule has 1 amide bonds. The minimum atomic E-state index is -0.0144. The molecule has 0 N–H and O–H groups in total. The summed E-state index contributed by atoms with van der Waals surface area (Å²) in [4.78, 5) is 14.3. The highest BCUT2D eigenvalue weighted by molar-refractivity contribution is 14.1. The summed E-state index contributed by atoms with van der Waals surface area (Å²) in [6.45, 7) is 2.13. The third-order valence-corrected chi connectivity index (χ3v) is 3.94. The Balaban J connectivity index is 2.87. The summed E-state index contributed by atoms with van der Waals surface area (Å²) < 4.78 is 11.9. The van der Waals surface area contributed by atoms with Crippen molar-refractivity contribution < 1.29 is 14.3 Å². The van der Waals surface area contributed by atoms with Gasteiger partial charge in [-0.3, -0.25) is 4.79 Å². The SMILES string of the molecule is COCCN(CCOC)C(=O)c1cc(I)ccc1Br. The number of nitrogens with zero attached hydrogens (tertiary/aromatic N) is 1. The van der Waals surface area contributed by atoms with Crippen LogP contribution in [-0.2, 0) is 9.47 Å². The van der Waals surface area contributed by atoms with Crippen molar-refractivity contribution in [3.8, 4) is 0 Å². The molecule has 0 aromatic heterocycles. The van der Waals surface area contributed by atoms with Crippen LogP contribution >= 0.6 is 38.5 Å². The van der Waals surface area contributed by atoms with Crippen molar-refractivity contribution in [3.63, 3.8) is 0 Å². The van der Waals surface area contributed by atoms with Crippen LogP contribution in [0.4, 0.5) is 0 Å². The van der Waals surface area contributed by atoms with Gasteiger partial charge in [0.15, 0.2) is 0 Å². The van der Waals surface area contributed by atoms with E-state index in [4.69, 9.17) is 9.47 Å². The third kappa shape index (κ3) is 5.37. The number of rotatable bonds is 7. The van der Waals surface area contributed by atoms with Crippen LogP contribution in [-0.4, -0.2) is 51.3 Å². The summed E-state index contributed by atoms with van der Waals surface area (Å²) in [5, 5.41) is 0. The molecule has 0 spiro atoms. The van der Waals surface area contributed by atoms with Gasteiger partial charge in [0.25, 0.3) is 5.91 Å². The first kappa shape index (κ1) is 16.9. The second kappa shape index (κ2) is 8.89. The molecule has 0 saturated carbocycles. The van der Waals surface area contributed by atoms with E-state index >= 15 is 0 Å². The predicted molar refractivity (Wildman–Crippen MR) is 86.5 cm³/mol. The normalized spacial score (nSPS) is 10.5. The molecule has 1 aromatic carbocycles. The largest absolute Gasteiger partial charge is 0.383 e. The van der Waals surface area contributed by atoms with E-state index in [1.54, 1.807) is 19.1 Å². The zero-order valence-electron chi connectivity index (χ0n) is 11.0. The molecular weight excluding hydrogens is 425 g/mol. The maximum atomic E-state index is 12.5. The fourth-order valence-corrected chi connectivity index (χ4v) is 2.46. The number of hydrogen-bond acceptors (Lipinski definition) is 3. The lowest BCUT2D eigenvalue weighted by Crippen LogP contribution is -2.36. The quantitative estimate of drug-likeness (QED) is 0.610. The fourth-order valence-electron chi connectivity index (χ4n) is 1.55. The van der Waals surface area contributed by atoms with Crippen molar-refractivity contribution in [2.45, 2.75) is 0 Å². The lowest BCUT2D eigenvalue weighted by atomic mass is 10.2. The molecule has 0 fully saturated rings. The van der Waals surface area contributed by atoms with Crippen LogP contribution < -0.4 is 0 Å². The van der Waals surface area contributed by atoms with Gasteiger partial charge in [0.05, 0.1) is 18.8 Å². The Bertz CT molecular complexity index is 420. The Morgan fingerprint density at radius 2 is 1.84 bits per heavy atom. The molecule has 0 aliphatic heterocycles. The van der Waals surface area contributed by atoms with Gasteiger partial charge in [0, 0.05) is 35.4 Å².